The summed E-state index contributed by atoms with van der Waals surface area (Å²) in [7, 11) is 0. The van der Waals surface area contributed by atoms with Crippen LogP contribution < -0.4 is 10.6 Å². The van der Waals surface area contributed by atoms with Gasteiger partial charge in [-0.3, -0.25) is 14.9 Å². The van der Waals surface area contributed by atoms with Gasteiger partial charge in [-0.2, -0.15) is 0 Å². The summed E-state index contributed by atoms with van der Waals surface area (Å²) in [5.74, 6) is -0.564. The smallest absolute Gasteiger partial charge is 0.324 e. The molecule has 16 heavy (non-hydrogen) atoms. The van der Waals surface area contributed by atoms with Gasteiger partial charge in [0.25, 0.3) is 5.91 Å². The Kier molecular flexibility index (Phi) is 2.78. The molecule has 0 aromatic rings. The number of carbonyl (C=O) groups is 3. The van der Waals surface area contributed by atoms with E-state index >= 15 is 0 Å². The normalized spacial score (nSPS) is 27.9. The molecule has 7 heteroatoms. The highest BCUT2D eigenvalue weighted by Crippen LogP contribution is 2.22. The van der Waals surface area contributed by atoms with Crippen LogP contribution >= 0.6 is 0 Å². The van der Waals surface area contributed by atoms with Crippen LogP contribution in [0, 0.1) is 0 Å². The second kappa shape index (κ2) is 4.09. The summed E-state index contributed by atoms with van der Waals surface area (Å²) < 4.78 is 0. The number of rotatable bonds is 3. The molecule has 0 radical (unpaired) electrons. The fourth-order valence-corrected chi connectivity index (χ4v) is 2.08. The van der Waals surface area contributed by atoms with E-state index in [2.05, 4.69) is 10.6 Å². The van der Waals surface area contributed by atoms with E-state index in [1.54, 1.807) is 0 Å². The summed E-state index contributed by atoms with van der Waals surface area (Å²) in [6.07, 6.45) is 0.482. The average Bonchev–Trinajstić information content (AvgIpc) is 2.70. The number of carbonyl (C=O) groups excluding carboxylic acids is 3. The summed E-state index contributed by atoms with van der Waals surface area (Å²) in [5, 5.41) is 13.5. The van der Waals surface area contributed by atoms with E-state index in [0.29, 0.717) is 13.0 Å². The minimum Gasteiger partial charge on any atom is -0.396 e. The number of fused-ring (bicyclic) bond motifs is 1. The van der Waals surface area contributed by atoms with Crippen LogP contribution in [0.5, 0.6) is 0 Å². The van der Waals surface area contributed by atoms with Crippen LogP contribution in [-0.2, 0) is 9.59 Å². The highest BCUT2D eigenvalue weighted by Gasteiger charge is 2.45. The van der Waals surface area contributed by atoms with Gasteiger partial charge in [-0.25, -0.2) is 4.79 Å². The Morgan fingerprint density at radius 2 is 2.31 bits per heavy atom. The minimum atomic E-state index is -0.452. The number of nitrogens with zero attached hydrogens (tertiary/aromatic N) is 1. The van der Waals surface area contributed by atoms with Crippen molar-refractivity contribution in [2.45, 2.75) is 24.9 Å². The van der Waals surface area contributed by atoms with E-state index in [1.807, 2.05) is 0 Å². The number of amides is 4. The quantitative estimate of drug-likeness (QED) is 0.494. The van der Waals surface area contributed by atoms with Gasteiger partial charge >= 0.3 is 6.03 Å². The molecule has 7 nitrogen and oxygen atoms in total. The Bertz CT molecular complexity index is 322. The van der Waals surface area contributed by atoms with Crippen molar-refractivity contribution in [3.8, 4) is 0 Å². The molecule has 4 amide bonds. The fraction of sp³-hybridized carbons (Fsp3) is 0.667. The third kappa shape index (κ3) is 1.85. The zero-order chi connectivity index (χ0) is 11.7. The monoisotopic (exact) mass is 227 g/mol. The first-order valence-corrected chi connectivity index (χ1v) is 5.13. The van der Waals surface area contributed by atoms with Crippen LogP contribution in [0.3, 0.4) is 0 Å². The molecule has 2 unspecified atom stereocenters. The number of nitrogens with one attached hydrogen (secondary N) is 2. The summed E-state index contributed by atoms with van der Waals surface area (Å²) in [6.45, 7) is 0.143. The molecule has 3 N–H and O–H groups in total. The third-order valence-corrected chi connectivity index (χ3v) is 2.80. The Morgan fingerprint density at radius 3 is 2.94 bits per heavy atom. The fourth-order valence-electron chi connectivity index (χ4n) is 2.08. The zero-order valence-electron chi connectivity index (χ0n) is 8.60. The number of hydrogen-bond donors (Lipinski definition) is 3. The molecule has 2 saturated heterocycles. The predicted octanol–water partition coefficient (Wildman–Crippen LogP) is -1.82. The van der Waals surface area contributed by atoms with Gasteiger partial charge in [-0.05, 0) is 6.42 Å². The van der Waals surface area contributed by atoms with Gasteiger partial charge in [0, 0.05) is 19.0 Å². The third-order valence-electron chi connectivity index (χ3n) is 2.80. The van der Waals surface area contributed by atoms with Gasteiger partial charge in [0.2, 0.25) is 5.91 Å². The molecule has 0 aromatic carbocycles. The van der Waals surface area contributed by atoms with E-state index < -0.39 is 12.1 Å². The highest BCUT2D eigenvalue weighted by molar-refractivity contribution is 6.04. The summed E-state index contributed by atoms with van der Waals surface area (Å²) in [4.78, 5) is 35.2. The molecule has 2 aliphatic rings. The summed E-state index contributed by atoms with van der Waals surface area (Å²) in [5.41, 5.74) is 0. The van der Waals surface area contributed by atoms with Crippen molar-refractivity contribution in [1.29, 1.82) is 0 Å². The average molecular weight is 227 g/mol. The first kappa shape index (κ1) is 10.9. The van der Waals surface area contributed by atoms with Crippen molar-refractivity contribution in [3.63, 3.8) is 0 Å². The molecular weight excluding hydrogens is 214 g/mol. The number of urea groups is 1. The lowest BCUT2D eigenvalue weighted by Gasteiger charge is -2.13. The van der Waals surface area contributed by atoms with E-state index in [4.69, 9.17) is 5.11 Å². The predicted molar refractivity (Wildman–Crippen MR) is 52.3 cm³/mol. The Hall–Kier alpha value is -1.63. The van der Waals surface area contributed by atoms with Gasteiger partial charge in [0.1, 0.15) is 6.04 Å². The number of imide groups is 1. The summed E-state index contributed by atoms with van der Waals surface area (Å²) in [6, 6.07) is -1.04. The topological polar surface area (TPSA) is 98.7 Å². The second-order valence-corrected chi connectivity index (χ2v) is 3.94. The summed E-state index contributed by atoms with van der Waals surface area (Å²) >= 11 is 0. The molecule has 2 fully saturated rings. The van der Waals surface area contributed by atoms with Crippen molar-refractivity contribution in [3.05, 3.63) is 0 Å². The van der Waals surface area contributed by atoms with E-state index in [1.165, 1.54) is 4.90 Å². The largest absolute Gasteiger partial charge is 0.396 e. The van der Waals surface area contributed by atoms with Crippen LogP contribution in [0.15, 0.2) is 0 Å². The lowest BCUT2D eigenvalue weighted by molar-refractivity contribution is -0.123. The molecule has 0 spiro atoms. The molecular formula is C9H13N3O4. The Labute approximate surface area is 91.8 Å². The van der Waals surface area contributed by atoms with Crippen LogP contribution in [0.4, 0.5) is 4.79 Å². The van der Waals surface area contributed by atoms with Gasteiger partial charge in [0.15, 0.2) is 0 Å². The SMILES string of the molecule is O=C(CCO)NC1CC2C(=O)NC(=O)N2C1. The van der Waals surface area contributed by atoms with Crippen LogP contribution in [0.25, 0.3) is 0 Å². The number of aliphatic hydroxyl groups is 1. The maximum Gasteiger partial charge on any atom is 0.324 e. The van der Waals surface area contributed by atoms with E-state index in [-0.39, 0.29) is 30.9 Å². The van der Waals surface area contributed by atoms with Crippen molar-refractivity contribution in [2.75, 3.05) is 13.2 Å². The Balaban J connectivity index is 1.91. The van der Waals surface area contributed by atoms with Gasteiger partial charge < -0.3 is 15.3 Å². The molecule has 0 saturated carbocycles. The van der Waals surface area contributed by atoms with Crippen molar-refractivity contribution in [2.24, 2.45) is 0 Å². The lowest BCUT2D eigenvalue weighted by Crippen LogP contribution is -2.39. The maximum atomic E-state index is 11.3. The molecule has 0 aromatic heterocycles. The molecule has 0 bridgehead atoms. The van der Waals surface area contributed by atoms with Crippen LogP contribution in [0.1, 0.15) is 12.8 Å². The van der Waals surface area contributed by atoms with Crippen LogP contribution in [0.2, 0.25) is 0 Å². The van der Waals surface area contributed by atoms with Crippen molar-refractivity contribution < 1.29 is 19.5 Å². The number of aliphatic hydroxyl groups excluding tert-OH is 1. The molecule has 88 valence electrons. The first-order valence-electron chi connectivity index (χ1n) is 5.13. The minimum absolute atomic E-state index is 0.0430. The Morgan fingerprint density at radius 1 is 1.56 bits per heavy atom. The highest BCUT2D eigenvalue weighted by atomic mass is 16.3. The van der Waals surface area contributed by atoms with Gasteiger partial charge in [-0.15, -0.1) is 0 Å². The van der Waals surface area contributed by atoms with Crippen molar-refractivity contribution in [1.82, 2.24) is 15.5 Å². The molecule has 2 heterocycles. The number of hydrogen-bond acceptors (Lipinski definition) is 4. The standard InChI is InChI=1S/C9H13N3O4/c13-2-1-7(14)10-5-3-6-8(15)11-9(16)12(6)4-5/h5-6,13H,1-4H2,(H,10,14)(H,11,15,16). The first-order chi connectivity index (χ1) is 7.61. The van der Waals surface area contributed by atoms with E-state index in [9.17, 15) is 14.4 Å². The lowest BCUT2D eigenvalue weighted by atomic mass is 10.1. The molecule has 2 rings (SSSR count). The van der Waals surface area contributed by atoms with Crippen LogP contribution in [-0.4, -0.2) is 53.1 Å². The molecule has 0 aliphatic carbocycles. The zero-order valence-corrected chi connectivity index (χ0v) is 8.60. The molecule has 2 aliphatic heterocycles. The second-order valence-electron chi connectivity index (χ2n) is 3.94. The van der Waals surface area contributed by atoms with Gasteiger partial charge in [-0.1, -0.05) is 0 Å². The molecule has 2 atom stereocenters. The van der Waals surface area contributed by atoms with Crippen molar-refractivity contribution >= 4 is 17.8 Å². The van der Waals surface area contributed by atoms with E-state index in [0.717, 1.165) is 0 Å². The van der Waals surface area contributed by atoms with Gasteiger partial charge in [0.05, 0.1) is 6.61 Å². The maximum absolute atomic E-state index is 11.3.